The normalized spacial score (nSPS) is 20.5. The SMILES string of the molecule is CC(c1c(OCC2CC2)ccc2c(O)c(C=C3N=Nc4ncccc43)oc12)N1CCCCC1. The number of hydrogen-bond acceptors (Lipinski definition) is 7. The third-order valence-electron chi connectivity index (χ3n) is 6.97. The molecule has 0 spiro atoms. The Labute approximate surface area is 192 Å². The maximum Gasteiger partial charge on any atom is 0.183 e. The van der Waals surface area contributed by atoms with Gasteiger partial charge in [0.25, 0.3) is 0 Å². The van der Waals surface area contributed by atoms with Crippen LogP contribution in [0.5, 0.6) is 11.5 Å². The number of hydrogen-bond donors (Lipinski definition) is 1. The predicted molar refractivity (Wildman–Crippen MR) is 127 cm³/mol. The van der Waals surface area contributed by atoms with Gasteiger partial charge in [0, 0.05) is 23.9 Å². The second-order valence-corrected chi connectivity index (χ2v) is 9.30. The van der Waals surface area contributed by atoms with Crippen LogP contribution in [0.2, 0.25) is 0 Å². The van der Waals surface area contributed by atoms with E-state index in [1.54, 1.807) is 12.3 Å². The van der Waals surface area contributed by atoms with E-state index in [2.05, 4.69) is 27.0 Å². The number of aromatic hydroxyl groups is 1. The average molecular weight is 445 g/mol. The molecule has 0 radical (unpaired) electrons. The Bertz CT molecular complexity index is 1250. The zero-order chi connectivity index (χ0) is 22.4. The van der Waals surface area contributed by atoms with E-state index >= 15 is 0 Å². The summed E-state index contributed by atoms with van der Waals surface area (Å²) in [6, 6.07) is 7.79. The number of ether oxygens (including phenoxy) is 1. The topological polar surface area (TPSA) is 83.4 Å². The minimum atomic E-state index is 0.117. The number of nitrogens with zero attached hydrogens (tertiary/aromatic N) is 4. The fraction of sp³-hybridized carbons (Fsp3) is 0.423. The van der Waals surface area contributed by atoms with E-state index in [0.29, 0.717) is 34.2 Å². The molecular formula is C26H28N4O3. The highest BCUT2D eigenvalue weighted by Gasteiger charge is 2.29. The largest absolute Gasteiger partial charge is 0.504 e. The van der Waals surface area contributed by atoms with Crippen LogP contribution in [0.3, 0.4) is 0 Å². The Morgan fingerprint density at radius 1 is 1.18 bits per heavy atom. The highest BCUT2D eigenvalue weighted by molar-refractivity contribution is 5.95. The van der Waals surface area contributed by atoms with Gasteiger partial charge in [-0.3, -0.25) is 4.90 Å². The summed E-state index contributed by atoms with van der Waals surface area (Å²) in [5.74, 6) is 2.59. The molecule has 7 nitrogen and oxygen atoms in total. The van der Waals surface area contributed by atoms with Crippen molar-refractivity contribution in [3.63, 3.8) is 0 Å². The van der Waals surface area contributed by atoms with Crippen molar-refractivity contribution in [1.29, 1.82) is 0 Å². The van der Waals surface area contributed by atoms with E-state index in [1.165, 1.54) is 32.1 Å². The lowest BCUT2D eigenvalue weighted by atomic mass is 10.00. The molecule has 1 N–H and O–H groups in total. The summed E-state index contributed by atoms with van der Waals surface area (Å²) in [5, 5.41) is 20.1. The zero-order valence-corrected chi connectivity index (χ0v) is 18.8. The predicted octanol–water partition coefficient (Wildman–Crippen LogP) is 6.46. The van der Waals surface area contributed by atoms with Crippen molar-refractivity contribution >= 4 is 28.6 Å². The fourth-order valence-electron chi connectivity index (χ4n) is 4.83. The van der Waals surface area contributed by atoms with Gasteiger partial charge in [-0.15, -0.1) is 10.2 Å². The molecule has 1 saturated heterocycles. The highest BCUT2D eigenvalue weighted by atomic mass is 16.5. The number of pyridine rings is 1. The average Bonchev–Trinajstić information content (AvgIpc) is 3.52. The van der Waals surface area contributed by atoms with E-state index < -0.39 is 0 Å². The summed E-state index contributed by atoms with van der Waals surface area (Å²) in [7, 11) is 0. The number of aromatic nitrogens is 1. The first-order valence-electron chi connectivity index (χ1n) is 11.9. The summed E-state index contributed by atoms with van der Waals surface area (Å²) >= 11 is 0. The molecule has 1 aliphatic carbocycles. The number of piperidine rings is 1. The minimum Gasteiger partial charge on any atom is -0.504 e. The van der Waals surface area contributed by atoms with E-state index in [-0.39, 0.29) is 11.8 Å². The van der Waals surface area contributed by atoms with Crippen molar-refractivity contribution in [2.24, 2.45) is 16.1 Å². The van der Waals surface area contributed by atoms with Crippen molar-refractivity contribution in [3.05, 3.63) is 47.3 Å². The van der Waals surface area contributed by atoms with Crippen molar-refractivity contribution in [3.8, 4) is 11.5 Å². The molecule has 4 heterocycles. The molecule has 1 atom stereocenters. The van der Waals surface area contributed by atoms with Gasteiger partial charge in [-0.05, 0) is 75.9 Å². The first kappa shape index (κ1) is 20.4. The van der Waals surface area contributed by atoms with Crippen LogP contribution in [0.4, 0.5) is 5.82 Å². The standard InChI is InChI=1S/C26H28N4O3/c1-16(30-12-3-2-4-13-30)23-21(32-15-17-7-8-17)10-9-19-24(31)22(33-25(19)23)14-20-18-6-5-11-27-26(18)29-28-20/h5-6,9-11,14,16-17,31H,2-4,7-8,12-13,15H2,1H3. The van der Waals surface area contributed by atoms with Crippen LogP contribution in [-0.2, 0) is 0 Å². The molecule has 170 valence electrons. The summed E-state index contributed by atoms with van der Waals surface area (Å²) in [6.07, 6.45) is 9.61. The molecule has 6 rings (SSSR count). The van der Waals surface area contributed by atoms with Gasteiger partial charge in [-0.1, -0.05) is 6.42 Å². The van der Waals surface area contributed by atoms with Crippen LogP contribution >= 0.6 is 0 Å². The van der Waals surface area contributed by atoms with Crippen molar-refractivity contribution in [1.82, 2.24) is 9.88 Å². The lowest BCUT2D eigenvalue weighted by molar-refractivity contribution is 0.170. The third kappa shape index (κ3) is 3.80. The van der Waals surface area contributed by atoms with Gasteiger partial charge in [0.1, 0.15) is 17.0 Å². The van der Waals surface area contributed by atoms with Crippen LogP contribution in [0, 0.1) is 5.92 Å². The van der Waals surface area contributed by atoms with Gasteiger partial charge in [0.15, 0.2) is 17.3 Å². The first-order chi connectivity index (χ1) is 16.2. The van der Waals surface area contributed by atoms with Gasteiger partial charge in [0.05, 0.1) is 17.6 Å². The molecule has 0 amide bonds. The van der Waals surface area contributed by atoms with Gasteiger partial charge in [-0.25, -0.2) is 4.98 Å². The van der Waals surface area contributed by atoms with Crippen molar-refractivity contribution in [2.45, 2.75) is 45.1 Å². The molecule has 7 heteroatoms. The summed E-state index contributed by atoms with van der Waals surface area (Å²) in [4.78, 5) is 6.73. The lowest BCUT2D eigenvalue weighted by Gasteiger charge is -2.33. The Kier molecular flexibility index (Phi) is 5.14. The molecule has 33 heavy (non-hydrogen) atoms. The Morgan fingerprint density at radius 3 is 2.85 bits per heavy atom. The van der Waals surface area contributed by atoms with Gasteiger partial charge >= 0.3 is 0 Å². The highest BCUT2D eigenvalue weighted by Crippen LogP contribution is 2.45. The maximum absolute atomic E-state index is 11.1. The van der Waals surface area contributed by atoms with E-state index in [1.807, 2.05) is 24.3 Å². The molecule has 3 aromatic rings. The Hall–Kier alpha value is -3.19. The van der Waals surface area contributed by atoms with Crippen LogP contribution < -0.4 is 4.74 Å². The quantitative estimate of drug-likeness (QED) is 0.471. The van der Waals surface area contributed by atoms with Crippen molar-refractivity contribution in [2.75, 3.05) is 19.7 Å². The molecule has 2 aliphatic heterocycles. The maximum atomic E-state index is 11.1. The Balaban J connectivity index is 1.44. The van der Waals surface area contributed by atoms with Gasteiger partial charge in [-0.2, -0.15) is 0 Å². The summed E-state index contributed by atoms with van der Waals surface area (Å²) in [5.41, 5.74) is 3.16. The van der Waals surface area contributed by atoms with Crippen LogP contribution in [0.15, 0.2) is 45.1 Å². The monoisotopic (exact) mass is 444 g/mol. The molecule has 1 unspecified atom stereocenters. The molecule has 1 saturated carbocycles. The molecule has 3 aliphatic rings. The van der Waals surface area contributed by atoms with Gasteiger partial charge < -0.3 is 14.3 Å². The number of fused-ring (bicyclic) bond motifs is 2. The van der Waals surface area contributed by atoms with E-state index in [9.17, 15) is 5.11 Å². The number of benzene rings is 1. The number of furan rings is 1. The van der Waals surface area contributed by atoms with Crippen LogP contribution in [-0.4, -0.2) is 34.7 Å². The zero-order valence-electron chi connectivity index (χ0n) is 18.8. The van der Waals surface area contributed by atoms with Crippen LogP contribution in [0.25, 0.3) is 22.7 Å². The molecule has 0 bridgehead atoms. The van der Waals surface area contributed by atoms with Crippen LogP contribution in [0.1, 0.15) is 62.0 Å². The second kappa shape index (κ2) is 8.30. The molecule has 2 fully saturated rings. The smallest absolute Gasteiger partial charge is 0.183 e. The first-order valence-corrected chi connectivity index (χ1v) is 11.9. The number of rotatable bonds is 6. The summed E-state index contributed by atoms with van der Waals surface area (Å²) in [6.45, 7) is 5.08. The molecule has 2 aromatic heterocycles. The lowest BCUT2D eigenvalue weighted by Crippen LogP contribution is -2.32. The second-order valence-electron chi connectivity index (χ2n) is 9.30. The molecule has 1 aromatic carbocycles. The fourth-order valence-corrected chi connectivity index (χ4v) is 4.83. The van der Waals surface area contributed by atoms with E-state index in [4.69, 9.17) is 9.15 Å². The number of likely N-dealkylation sites (tertiary alicyclic amines) is 1. The van der Waals surface area contributed by atoms with E-state index in [0.717, 1.165) is 36.6 Å². The van der Waals surface area contributed by atoms with Crippen molar-refractivity contribution < 1.29 is 14.3 Å². The molecular weight excluding hydrogens is 416 g/mol. The summed E-state index contributed by atoms with van der Waals surface area (Å²) < 4.78 is 12.6. The third-order valence-corrected chi connectivity index (χ3v) is 6.97. The number of azo groups is 1. The van der Waals surface area contributed by atoms with Gasteiger partial charge in [0.2, 0.25) is 0 Å². The Morgan fingerprint density at radius 2 is 2.03 bits per heavy atom. The minimum absolute atomic E-state index is 0.117.